The van der Waals surface area contributed by atoms with E-state index in [0.29, 0.717) is 29.8 Å². The van der Waals surface area contributed by atoms with Gasteiger partial charge in [-0.05, 0) is 42.9 Å². The molecule has 4 aromatic rings. The summed E-state index contributed by atoms with van der Waals surface area (Å²) >= 11 is 1.29. The van der Waals surface area contributed by atoms with E-state index in [1.807, 2.05) is 11.9 Å². The molecule has 1 fully saturated rings. The largest absolute Gasteiger partial charge is 0.453 e. The van der Waals surface area contributed by atoms with Crippen LogP contribution >= 0.6 is 11.3 Å². The van der Waals surface area contributed by atoms with E-state index in [4.69, 9.17) is 4.74 Å². The van der Waals surface area contributed by atoms with Crippen LogP contribution < -0.4 is 15.4 Å². The van der Waals surface area contributed by atoms with Crippen molar-refractivity contribution >= 4 is 45.1 Å². The number of hydrogen-bond donors (Lipinski definition) is 2. The van der Waals surface area contributed by atoms with E-state index in [9.17, 15) is 22.8 Å². The maximum Gasteiger partial charge on any atom is 0.416 e. The highest BCUT2D eigenvalue weighted by Crippen LogP contribution is 2.36. The van der Waals surface area contributed by atoms with Crippen LogP contribution in [-0.4, -0.2) is 72.1 Å². The predicted molar refractivity (Wildman–Crippen MR) is 152 cm³/mol. The molecule has 2 aromatic heterocycles. The number of anilines is 2. The number of thiophene rings is 1. The van der Waals surface area contributed by atoms with Crippen molar-refractivity contribution in [2.75, 3.05) is 51.0 Å². The first kappa shape index (κ1) is 29.2. The lowest BCUT2D eigenvalue weighted by molar-refractivity contribution is -0.138. The first-order chi connectivity index (χ1) is 20.1. The van der Waals surface area contributed by atoms with Gasteiger partial charge in [-0.15, -0.1) is 11.3 Å². The van der Waals surface area contributed by atoms with Crippen molar-refractivity contribution in [3.8, 4) is 11.6 Å². The zero-order chi connectivity index (χ0) is 29.9. The van der Waals surface area contributed by atoms with Crippen LogP contribution in [0.4, 0.5) is 29.6 Å². The van der Waals surface area contributed by atoms with Crippen molar-refractivity contribution in [3.63, 3.8) is 0 Å². The summed E-state index contributed by atoms with van der Waals surface area (Å²) in [6, 6.07) is 10.5. The lowest BCUT2D eigenvalue weighted by atomic mass is 10.0. The number of alkyl halides is 3. The Kier molecular flexibility index (Phi) is 8.56. The van der Waals surface area contributed by atoms with Crippen LogP contribution in [0.1, 0.15) is 21.5 Å². The number of carbonyl (C=O) groups is 2. The average molecular weight is 601 g/mol. The number of ether oxygens (including phenoxy) is 2. The minimum atomic E-state index is -4.56. The molecule has 3 heterocycles. The molecule has 0 aliphatic carbocycles. The number of fused-ring (bicyclic) bond motifs is 1. The van der Waals surface area contributed by atoms with Gasteiger partial charge in [0.25, 0.3) is 5.91 Å². The molecule has 1 saturated heterocycles. The number of carbonyl (C=O) groups excluding carboxylic acids is 2. The third kappa shape index (κ3) is 6.95. The highest BCUT2D eigenvalue weighted by Gasteiger charge is 2.34. The molecule has 5 rings (SSSR count). The van der Waals surface area contributed by atoms with Gasteiger partial charge >= 0.3 is 12.3 Å². The second kappa shape index (κ2) is 12.3. The van der Waals surface area contributed by atoms with Crippen LogP contribution in [0.2, 0.25) is 0 Å². The van der Waals surface area contributed by atoms with Crippen LogP contribution in [0, 0.1) is 0 Å². The Labute approximate surface area is 243 Å². The second-order valence-electron chi connectivity index (χ2n) is 9.65. The van der Waals surface area contributed by atoms with Crippen molar-refractivity contribution in [2.45, 2.75) is 12.7 Å². The molecule has 1 aliphatic heterocycles. The summed E-state index contributed by atoms with van der Waals surface area (Å²) in [5.41, 5.74) is -0.196. The first-order valence-corrected chi connectivity index (χ1v) is 13.8. The molecule has 0 unspecified atom stereocenters. The quantitative estimate of drug-likeness (QED) is 0.279. The molecule has 2 N–H and O–H groups in total. The maximum absolute atomic E-state index is 14.0. The number of hydrogen-bond acceptors (Lipinski definition) is 9. The van der Waals surface area contributed by atoms with E-state index in [-0.39, 0.29) is 29.6 Å². The Morgan fingerprint density at radius 2 is 1.83 bits per heavy atom. The third-order valence-electron chi connectivity index (χ3n) is 6.71. The number of amides is 2. The normalized spacial score (nSPS) is 14.5. The maximum atomic E-state index is 14.0. The van der Waals surface area contributed by atoms with E-state index in [2.05, 4.69) is 30.2 Å². The lowest BCUT2D eigenvalue weighted by Crippen LogP contribution is -2.44. The molecule has 220 valence electrons. The van der Waals surface area contributed by atoms with E-state index in [0.717, 1.165) is 23.9 Å². The van der Waals surface area contributed by atoms with Crippen molar-refractivity contribution in [1.29, 1.82) is 0 Å². The van der Waals surface area contributed by atoms with E-state index in [1.165, 1.54) is 42.8 Å². The number of halogens is 3. The SMILES string of the molecule is COC(=O)Nc1nccc(Oc2ccc3c(C(=O)Nc4ccc(CN5CCN(C)CC5)c(C(F)(F)F)c4)csc3c2)n1. The summed E-state index contributed by atoms with van der Waals surface area (Å²) < 4.78 is 52.9. The summed E-state index contributed by atoms with van der Waals surface area (Å²) in [6.07, 6.45) is -3.88. The van der Waals surface area contributed by atoms with Crippen LogP contribution in [0.5, 0.6) is 11.6 Å². The summed E-state index contributed by atoms with van der Waals surface area (Å²) in [6.45, 7) is 3.17. The molecule has 0 radical (unpaired) electrons. The molecule has 1 aliphatic rings. The van der Waals surface area contributed by atoms with Gasteiger partial charge in [-0.3, -0.25) is 15.0 Å². The Balaban J connectivity index is 1.30. The van der Waals surface area contributed by atoms with Gasteiger partial charge in [-0.1, -0.05) is 6.07 Å². The van der Waals surface area contributed by atoms with Crippen LogP contribution in [0.25, 0.3) is 10.1 Å². The van der Waals surface area contributed by atoms with Gasteiger partial charge in [0.1, 0.15) is 5.75 Å². The Morgan fingerprint density at radius 3 is 2.57 bits per heavy atom. The molecule has 0 spiro atoms. The van der Waals surface area contributed by atoms with Crippen LogP contribution in [0.3, 0.4) is 0 Å². The Morgan fingerprint density at radius 1 is 1.05 bits per heavy atom. The lowest BCUT2D eigenvalue weighted by Gasteiger charge is -2.33. The number of aromatic nitrogens is 2. The molecule has 0 atom stereocenters. The fraction of sp³-hybridized carbons (Fsp3) is 0.286. The van der Waals surface area contributed by atoms with Crippen molar-refractivity contribution in [1.82, 2.24) is 19.8 Å². The number of piperazine rings is 1. The van der Waals surface area contributed by atoms with Gasteiger partial charge in [0.2, 0.25) is 11.8 Å². The molecule has 0 saturated carbocycles. The highest BCUT2D eigenvalue weighted by atomic mass is 32.1. The number of nitrogens with zero attached hydrogens (tertiary/aromatic N) is 4. The monoisotopic (exact) mass is 600 g/mol. The molecular weight excluding hydrogens is 573 g/mol. The summed E-state index contributed by atoms with van der Waals surface area (Å²) in [5, 5.41) is 7.22. The predicted octanol–water partition coefficient (Wildman–Crippen LogP) is 5.68. The first-order valence-electron chi connectivity index (χ1n) is 12.9. The molecule has 14 heteroatoms. The van der Waals surface area contributed by atoms with Gasteiger partial charge in [0.05, 0.1) is 18.2 Å². The van der Waals surface area contributed by atoms with E-state index in [1.54, 1.807) is 23.6 Å². The van der Waals surface area contributed by atoms with E-state index >= 15 is 0 Å². The van der Waals surface area contributed by atoms with Crippen LogP contribution in [0.15, 0.2) is 54.0 Å². The van der Waals surface area contributed by atoms with Crippen molar-refractivity contribution in [3.05, 3.63) is 70.7 Å². The standard InChI is InChI=1S/C28H27F3N6O4S/c1-36-9-11-37(12-10-36)15-17-3-4-18(13-22(17)28(29,30)31)33-25(38)21-16-42-23-14-19(5-6-20(21)23)41-24-7-8-32-26(34-24)35-27(39)40-2/h3-8,13-14,16H,9-12,15H2,1-2H3,(H,33,38)(H,32,34,35,39). The molecule has 2 amide bonds. The number of nitrogens with one attached hydrogen (secondary N) is 2. The fourth-order valence-electron chi connectivity index (χ4n) is 4.47. The summed E-state index contributed by atoms with van der Waals surface area (Å²) in [4.78, 5) is 36.7. The zero-order valence-electron chi connectivity index (χ0n) is 22.7. The Hall–Kier alpha value is -4.27. The highest BCUT2D eigenvalue weighted by molar-refractivity contribution is 7.17. The summed E-state index contributed by atoms with van der Waals surface area (Å²) in [5.74, 6) is 0.0623. The van der Waals surface area contributed by atoms with Gasteiger partial charge in [0, 0.05) is 66.1 Å². The zero-order valence-corrected chi connectivity index (χ0v) is 23.5. The molecular formula is C28H27F3N6O4S. The third-order valence-corrected chi connectivity index (χ3v) is 7.65. The molecule has 0 bridgehead atoms. The minimum Gasteiger partial charge on any atom is -0.453 e. The Bertz CT molecular complexity index is 1600. The second-order valence-corrected chi connectivity index (χ2v) is 10.6. The topological polar surface area (TPSA) is 109 Å². The molecule has 10 nitrogen and oxygen atoms in total. The minimum absolute atomic E-state index is 0.00319. The summed E-state index contributed by atoms with van der Waals surface area (Å²) in [7, 11) is 3.20. The van der Waals surface area contributed by atoms with Gasteiger partial charge in [-0.25, -0.2) is 9.78 Å². The molecule has 2 aromatic carbocycles. The molecule has 42 heavy (non-hydrogen) atoms. The number of methoxy groups -OCH3 is 1. The van der Waals surface area contributed by atoms with E-state index < -0.39 is 23.7 Å². The van der Waals surface area contributed by atoms with Gasteiger partial charge in [0.15, 0.2) is 0 Å². The van der Waals surface area contributed by atoms with Crippen LogP contribution in [-0.2, 0) is 17.5 Å². The van der Waals surface area contributed by atoms with Gasteiger partial charge in [-0.2, -0.15) is 18.2 Å². The number of rotatable bonds is 7. The smallest absolute Gasteiger partial charge is 0.416 e. The fourth-order valence-corrected chi connectivity index (χ4v) is 5.44. The van der Waals surface area contributed by atoms with Gasteiger partial charge < -0.3 is 19.7 Å². The number of likely N-dealkylation sites (N-methyl/N-ethyl adjacent to an activating group) is 1. The van der Waals surface area contributed by atoms with Crippen molar-refractivity contribution < 1.29 is 32.2 Å². The van der Waals surface area contributed by atoms with Crippen molar-refractivity contribution in [2.24, 2.45) is 0 Å². The number of benzene rings is 2. The average Bonchev–Trinajstić information content (AvgIpc) is 3.38.